The van der Waals surface area contributed by atoms with Gasteiger partial charge in [-0.2, -0.15) is 0 Å². The van der Waals surface area contributed by atoms with Gasteiger partial charge in [0.25, 0.3) is 0 Å². The van der Waals surface area contributed by atoms with Gasteiger partial charge in [0.05, 0.1) is 13.2 Å². The van der Waals surface area contributed by atoms with Crippen molar-refractivity contribution in [2.45, 2.75) is 46.6 Å². The molecule has 0 radical (unpaired) electrons. The summed E-state index contributed by atoms with van der Waals surface area (Å²) >= 11 is 0. The molecular formula is C15H28NO6P. The molecule has 0 spiro atoms. The molecule has 1 rings (SSSR count). The second-order valence-electron chi connectivity index (χ2n) is 6.48. The predicted octanol–water partition coefficient (Wildman–Crippen LogP) is 3.08. The summed E-state index contributed by atoms with van der Waals surface area (Å²) in [5, 5.41) is 0. The maximum absolute atomic E-state index is 12.4. The molecule has 0 saturated carbocycles. The maximum Gasteiger partial charge on any atom is 0.410 e. The molecule has 1 atom stereocenters. The summed E-state index contributed by atoms with van der Waals surface area (Å²) in [7, 11) is -3.39. The molecule has 23 heavy (non-hydrogen) atoms. The normalized spacial score (nSPS) is 19.0. The summed E-state index contributed by atoms with van der Waals surface area (Å²) in [6.45, 7) is 9.98. The molecule has 1 saturated heterocycles. The number of nitrogens with zero attached hydrogens (tertiary/aromatic N) is 1. The lowest BCUT2D eigenvalue weighted by molar-refractivity contribution is -0.120. The topological polar surface area (TPSA) is 82.1 Å². The van der Waals surface area contributed by atoms with E-state index in [9.17, 15) is 14.2 Å². The zero-order chi connectivity index (χ0) is 17.7. The van der Waals surface area contributed by atoms with Gasteiger partial charge >= 0.3 is 13.7 Å². The molecule has 1 aliphatic heterocycles. The summed E-state index contributed by atoms with van der Waals surface area (Å²) in [5.74, 6) is -0.543. The van der Waals surface area contributed by atoms with E-state index in [1.54, 1.807) is 34.6 Å². The molecule has 1 unspecified atom stereocenters. The van der Waals surface area contributed by atoms with Crippen molar-refractivity contribution in [1.82, 2.24) is 4.90 Å². The first kappa shape index (κ1) is 20.1. The van der Waals surface area contributed by atoms with Crippen LogP contribution < -0.4 is 0 Å². The number of likely N-dealkylation sites (tertiary alicyclic amines) is 1. The van der Waals surface area contributed by atoms with Crippen LogP contribution in [0.3, 0.4) is 0 Å². The number of rotatable bonds is 7. The third-order valence-electron chi connectivity index (χ3n) is 3.30. The van der Waals surface area contributed by atoms with E-state index in [2.05, 4.69) is 0 Å². The number of hydrogen-bond acceptors (Lipinski definition) is 6. The van der Waals surface area contributed by atoms with Crippen LogP contribution in [0.5, 0.6) is 0 Å². The number of ether oxygens (including phenoxy) is 1. The molecule has 0 aromatic rings. The molecule has 8 heteroatoms. The minimum atomic E-state index is -3.39. The molecule has 1 heterocycles. The minimum absolute atomic E-state index is 0.193. The highest BCUT2D eigenvalue weighted by atomic mass is 31.2. The van der Waals surface area contributed by atoms with Gasteiger partial charge in [0.1, 0.15) is 17.5 Å². The summed E-state index contributed by atoms with van der Waals surface area (Å²) < 4.78 is 28.0. The first-order valence-electron chi connectivity index (χ1n) is 7.99. The number of hydrogen-bond donors (Lipinski definition) is 0. The maximum atomic E-state index is 12.4. The fraction of sp³-hybridized carbons (Fsp3) is 0.867. The average molecular weight is 349 g/mol. The van der Waals surface area contributed by atoms with Crippen LogP contribution >= 0.6 is 7.60 Å². The van der Waals surface area contributed by atoms with Gasteiger partial charge in [-0.1, -0.05) is 0 Å². The van der Waals surface area contributed by atoms with Crippen molar-refractivity contribution < 1.29 is 27.9 Å². The fourth-order valence-corrected chi connectivity index (χ4v) is 4.04. The van der Waals surface area contributed by atoms with Crippen LogP contribution in [0.15, 0.2) is 0 Å². The number of carbonyl (C=O) groups is 2. The zero-order valence-electron chi connectivity index (χ0n) is 14.7. The van der Waals surface area contributed by atoms with Gasteiger partial charge in [-0.3, -0.25) is 9.36 Å². The SMILES string of the molecule is CCOP(=O)(CC(=O)C1CCN(C(=O)OC(C)(C)C)C1)OCC. The van der Waals surface area contributed by atoms with Crippen LogP contribution in [0.1, 0.15) is 41.0 Å². The van der Waals surface area contributed by atoms with Crippen LogP contribution in [-0.2, 0) is 23.1 Å². The van der Waals surface area contributed by atoms with E-state index in [4.69, 9.17) is 13.8 Å². The van der Waals surface area contributed by atoms with E-state index in [-0.39, 0.29) is 37.6 Å². The van der Waals surface area contributed by atoms with E-state index in [0.29, 0.717) is 13.0 Å². The Morgan fingerprint density at radius 2 is 1.74 bits per heavy atom. The van der Waals surface area contributed by atoms with Crippen LogP contribution in [0.2, 0.25) is 0 Å². The van der Waals surface area contributed by atoms with Crippen molar-refractivity contribution >= 4 is 19.5 Å². The Kier molecular flexibility index (Phi) is 7.24. The lowest BCUT2D eigenvalue weighted by Crippen LogP contribution is -2.36. The molecule has 0 aliphatic carbocycles. The quantitative estimate of drug-likeness (QED) is 0.657. The van der Waals surface area contributed by atoms with E-state index < -0.39 is 19.3 Å². The highest BCUT2D eigenvalue weighted by Crippen LogP contribution is 2.48. The fourth-order valence-electron chi connectivity index (χ4n) is 2.36. The van der Waals surface area contributed by atoms with Gasteiger partial charge in [0.2, 0.25) is 0 Å². The molecule has 1 amide bonds. The molecule has 0 aromatic carbocycles. The van der Waals surface area contributed by atoms with Gasteiger partial charge in [0, 0.05) is 19.0 Å². The lowest BCUT2D eigenvalue weighted by Gasteiger charge is -2.24. The van der Waals surface area contributed by atoms with Crippen molar-refractivity contribution in [2.24, 2.45) is 5.92 Å². The molecule has 1 fully saturated rings. The lowest BCUT2D eigenvalue weighted by atomic mass is 10.1. The van der Waals surface area contributed by atoms with Crippen LogP contribution in [0.4, 0.5) is 4.79 Å². The van der Waals surface area contributed by atoms with E-state index in [0.717, 1.165) is 0 Å². The van der Waals surface area contributed by atoms with Gasteiger partial charge in [-0.15, -0.1) is 0 Å². The van der Waals surface area contributed by atoms with Crippen molar-refractivity contribution in [2.75, 3.05) is 32.5 Å². The van der Waals surface area contributed by atoms with E-state index >= 15 is 0 Å². The smallest absolute Gasteiger partial charge is 0.410 e. The van der Waals surface area contributed by atoms with Crippen molar-refractivity contribution in [3.63, 3.8) is 0 Å². The van der Waals surface area contributed by atoms with E-state index in [1.807, 2.05) is 0 Å². The third kappa shape index (κ3) is 6.61. The Balaban J connectivity index is 2.59. The number of carbonyl (C=O) groups excluding carboxylic acids is 2. The Morgan fingerprint density at radius 3 is 2.22 bits per heavy atom. The molecule has 7 nitrogen and oxygen atoms in total. The van der Waals surface area contributed by atoms with Crippen molar-refractivity contribution in [3.8, 4) is 0 Å². The standard InChI is InChI=1S/C15H28NO6P/c1-6-20-23(19,21-7-2)11-13(17)12-8-9-16(10-12)14(18)22-15(3,4)5/h12H,6-11H2,1-5H3. The van der Waals surface area contributed by atoms with Crippen LogP contribution in [0, 0.1) is 5.92 Å². The summed E-state index contributed by atoms with van der Waals surface area (Å²) in [4.78, 5) is 25.9. The molecule has 0 bridgehead atoms. The van der Waals surface area contributed by atoms with Crippen LogP contribution in [-0.4, -0.2) is 54.8 Å². The molecule has 134 valence electrons. The van der Waals surface area contributed by atoms with Crippen molar-refractivity contribution in [3.05, 3.63) is 0 Å². The van der Waals surface area contributed by atoms with Gasteiger partial charge in [-0.05, 0) is 41.0 Å². The highest BCUT2D eigenvalue weighted by molar-refractivity contribution is 7.54. The van der Waals surface area contributed by atoms with Gasteiger partial charge in [-0.25, -0.2) is 4.79 Å². The summed E-state index contributed by atoms with van der Waals surface area (Å²) in [5.41, 5.74) is -0.571. The first-order valence-corrected chi connectivity index (χ1v) is 9.71. The number of Topliss-reactive ketones (excluding diaryl/α,β-unsaturated/α-hetero) is 1. The van der Waals surface area contributed by atoms with Gasteiger partial charge < -0.3 is 18.7 Å². The third-order valence-corrected chi connectivity index (χ3v) is 5.30. The summed E-state index contributed by atoms with van der Waals surface area (Å²) in [6, 6.07) is 0. The Labute approximate surface area is 138 Å². The second kappa shape index (κ2) is 8.27. The first-order chi connectivity index (χ1) is 10.6. The Bertz CT molecular complexity index is 463. The molecule has 0 N–H and O–H groups in total. The average Bonchev–Trinajstić information content (AvgIpc) is 2.86. The largest absolute Gasteiger partial charge is 0.444 e. The van der Waals surface area contributed by atoms with Crippen molar-refractivity contribution in [1.29, 1.82) is 0 Å². The predicted molar refractivity (Wildman–Crippen MR) is 86.6 cm³/mol. The van der Waals surface area contributed by atoms with Crippen LogP contribution in [0.25, 0.3) is 0 Å². The highest BCUT2D eigenvalue weighted by Gasteiger charge is 2.37. The van der Waals surface area contributed by atoms with Gasteiger partial charge in [0.15, 0.2) is 0 Å². The second-order valence-corrected chi connectivity index (χ2v) is 8.54. The molecule has 0 aromatic heterocycles. The number of ketones is 1. The number of amides is 1. The van der Waals surface area contributed by atoms with E-state index in [1.165, 1.54) is 4.90 Å². The molecule has 1 aliphatic rings. The molecular weight excluding hydrogens is 321 g/mol. The minimum Gasteiger partial charge on any atom is -0.444 e. The monoisotopic (exact) mass is 349 g/mol. The Morgan fingerprint density at radius 1 is 1.17 bits per heavy atom. The Hall–Kier alpha value is -0.910. The zero-order valence-corrected chi connectivity index (χ0v) is 15.6. The summed E-state index contributed by atoms with van der Waals surface area (Å²) in [6.07, 6.45) is -0.136.